The van der Waals surface area contributed by atoms with Crippen molar-refractivity contribution in [3.8, 4) is 5.75 Å². The van der Waals surface area contributed by atoms with Gasteiger partial charge in [0, 0.05) is 17.1 Å². The molecule has 0 saturated carbocycles. The number of esters is 1. The van der Waals surface area contributed by atoms with E-state index in [0.29, 0.717) is 17.6 Å². The van der Waals surface area contributed by atoms with Crippen molar-refractivity contribution in [3.63, 3.8) is 0 Å². The molecule has 134 valence electrons. The van der Waals surface area contributed by atoms with Gasteiger partial charge in [-0.3, -0.25) is 4.79 Å². The van der Waals surface area contributed by atoms with Gasteiger partial charge >= 0.3 is 5.97 Å². The Labute approximate surface area is 153 Å². The molecule has 26 heavy (non-hydrogen) atoms. The van der Waals surface area contributed by atoms with Gasteiger partial charge in [0.15, 0.2) is 5.78 Å². The summed E-state index contributed by atoms with van der Waals surface area (Å²) in [7, 11) is 1.62. The minimum absolute atomic E-state index is 0.0526. The maximum Gasteiger partial charge on any atom is 0.334 e. The molecular weight excluding hydrogens is 328 g/mol. The second kappa shape index (κ2) is 8.00. The average molecular weight is 350 g/mol. The lowest BCUT2D eigenvalue weighted by molar-refractivity contribution is -0.138. The summed E-state index contributed by atoms with van der Waals surface area (Å²) >= 11 is 0. The lowest BCUT2D eigenvalue weighted by Gasteiger charge is -2.22. The molecule has 2 atom stereocenters. The van der Waals surface area contributed by atoms with Gasteiger partial charge in [0.05, 0.1) is 19.6 Å². The number of allylic oxidation sites excluding steroid dienone is 1. The number of methoxy groups -OCH3 is 1. The van der Waals surface area contributed by atoms with Crippen LogP contribution in [0.2, 0.25) is 0 Å². The largest absolute Gasteiger partial charge is 0.497 e. The number of Topliss-reactive ketones (excluding diaryl/α,β-unsaturated/α-hetero) is 1. The first-order chi connectivity index (χ1) is 12.7. The third kappa shape index (κ3) is 3.54. The molecule has 0 aromatic heterocycles. The first kappa shape index (κ1) is 17.9. The van der Waals surface area contributed by atoms with E-state index in [1.54, 1.807) is 26.2 Å². The van der Waals surface area contributed by atoms with E-state index in [1.165, 1.54) is 0 Å². The molecule has 0 spiro atoms. The van der Waals surface area contributed by atoms with Crippen molar-refractivity contribution in [2.45, 2.75) is 19.3 Å². The number of hydrogen-bond acceptors (Lipinski definition) is 4. The average Bonchev–Trinajstić information content (AvgIpc) is 3.13. The molecule has 4 heteroatoms. The van der Waals surface area contributed by atoms with E-state index in [1.807, 2.05) is 48.5 Å². The Morgan fingerprint density at radius 1 is 1.04 bits per heavy atom. The van der Waals surface area contributed by atoms with Crippen molar-refractivity contribution in [2.75, 3.05) is 13.7 Å². The van der Waals surface area contributed by atoms with Gasteiger partial charge in [-0.15, -0.1) is 0 Å². The Morgan fingerprint density at radius 2 is 1.73 bits per heavy atom. The number of benzene rings is 2. The van der Waals surface area contributed by atoms with Crippen molar-refractivity contribution in [3.05, 3.63) is 77.4 Å². The summed E-state index contributed by atoms with van der Waals surface area (Å²) in [4.78, 5) is 25.6. The molecule has 0 fully saturated rings. The predicted molar refractivity (Wildman–Crippen MR) is 99.3 cm³/mol. The molecule has 2 aromatic rings. The molecular formula is C22H22O4. The number of carbonyl (C=O) groups excluding carboxylic acids is 2. The highest BCUT2D eigenvalue weighted by Gasteiger charge is 2.40. The van der Waals surface area contributed by atoms with Crippen LogP contribution in [0.3, 0.4) is 0 Å². The highest BCUT2D eigenvalue weighted by molar-refractivity contribution is 6.06. The smallest absolute Gasteiger partial charge is 0.334 e. The molecule has 4 nitrogen and oxygen atoms in total. The van der Waals surface area contributed by atoms with Crippen LogP contribution in [0, 0.1) is 5.92 Å². The maximum atomic E-state index is 13.2. The molecule has 0 unspecified atom stereocenters. The quantitative estimate of drug-likeness (QED) is 0.579. The van der Waals surface area contributed by atoms with E-state index in [9.17, 15) is 9.59 Å². The van der Waals surface area contributed by atoms with Crippen LogP contribution in [0.1, 0.15) is 35.2 Å². The summed E-state index contributed by atoms with van der Waals surface area (Å²) in [6.07, 6.45) is 2.47. The monoisotopic (exact) mass is 350 g/mol. The van der Waals surface area contributed by atoms with Gasteiger partial charge in [0.2, 0.25) is 0 Å². The number of carbonyl (C=O) groups is 2. The van der Waals surface area contributed by atoms with Gasteiger partial charge in [-0.1, -0.05) is 48.5 Å². The molecule has 0 aliphatic heterocycles. The SMILES string of the molecule is CCOC(=O)C1=CC[C@@H](c2ccc(OC)cc2)[C@@H]1C(=O)c1ccccc1. The summed E-state index contributed by atoms with van der Waals surface area (Å²) in [6, 6.07) is 16.8. The lowest BCUT2D eigenvalue weighted by Crippen LogP contribution is -2.25. The fourth-order valence-corrected chi connectivity index (χ4v) is 3.44. The van der Waals surface area contributed by atoms with Crippen LogP contribution in [-0.4, -0.2) is 25.5 Å². The van der Waals surface area contributed by atoms with E-state index >= 15 is 0 Å². The van der Waals surface area contributed by atoms with Crippen LogP contribution >= 0.6 is 0 Å². The normalized spacial score (nSPS) is 18.9. The second-order valence-electron chi connectivity index (χ2n) is 6.20. The molecule has 1 aliphatic carbocycles. The molecule has 0 amide bonds. The molecule has 0 heterocycles. The Morgan fingerprint density at radius 3 is 2.35 bits per heavy atom. The Bertz CT molecular complexity index is 806. The molecule has 2 aromatic carbocycles. The van der Waals surface area contributed by atoms with Crippen LogP contribution in [0.25, 0.3) is 0 Å². The maximum absolute atomic E-state index is 13.2. The van der Waals surface area contributed by atoms with Gasteiger partial charge < -0.3 is 9.47 Å². The van der Waals surface area contributed by atoms with Gasteiger partial charge in [-0.25, -0.2) is 4.79 Å². The fraction of sp³-hybridized carbons (Fsp3) is 0.273. The van der Waals surface area contributed by atoms with Crippen molar-refractivity contribution in [1.29, 1.82) is 0 Å². The van der Waals surface area contributed by atoms with Gasteiger partial charge in [-0.2, -0.15) is 0 Å². The Kier molecular flexibility index (Phi) is 5.52. The van der Waals surface area contributed by atoms with Crippen LogP contribution in [0.15, 0.2) is 66.2 Å². The van der Waals surface area contributed by atoms with Crippen molar-refractivity contribution < 1.29 is 19.1 Å². The van der Waals surface area contributed by atoms with Gasteiger partial charge in [0.25, 0.3) is 0 Å². The zero-order valence-corrected chi connectivity index (χ0v) is 15.0. The second-order valence-corrected chi connectivity index (χ2v) is 6.20. The molecule has 0 bridgehead atoms. The first-order valence-corrected chi connectivity index (χ1v) is 8.76. The van der Waals surface area contributed by atoms with Crippen molar-refractivity contribution in [1.82, 2.24) is 0 Å². The summed E-state index contributed by atoms with van der Waals surface area (Å²) in [6.45, 7) is 2.05. The van der Waals surface area contributed by atoms with Crippen LogP contribution in [0.5, 0.6) is 5.75 Å². The van der Waals surface area contributed by atoms with E-state index in [2.05, 4.69) is 0 Å². The van der Waals surface area contributed by atoms with E-state index < -0.39 is 11.9 Å². The lowest BCUT2D eigenvalue weighted by atomic mass is 9.80. The highest BCUT2D eigenvalue weighted by atomic mass is 16.5. The van der Waals surface area contributed by atoms with Gasteiger partial charge in [-0.05, 0) is 31.0 Å². The van der Waals surface area contributed by atoms with Crippen LogP contribution < -0.4 is 4.74 Å². The minimum Gasteiger partial charge on any atom is -0.497 e. The third-order valence-electron chi connectivity index (χ3n) is 4.72. The van der Waals surface area contributed by atoms with E-state index in [0.717, 1.165) is 11.3 Å². The standard InChI is InChI=1S/C22H22O4/c1-3-26-22(24)19-14-13-18(15-9-11-17(25-2)12-10-15)20(19)21(23)16-7-5-4-6-8-16/h4-12,14,18,20H,3,13H2,1-2H3/t18-,20-/m0/s1. The molecule has 0 saturated heterocycles. The number of rotatable bonds is 6. The number of hydrogen-bond donors (Lipinski definition) is 0. The van der Waals surface area contributed by atoms with E-state index in [4.69, 9.17) is 9.47 Å². The van der Waals surface area contributed by atoms with Crippen molar-refractivity contribution in [2.24, 2.45) is 5.92 Å². The third-order valence-corrected chi connectivity index (χ3v) is 4.72. The Balaban J connectivity index is 1.96. The van der Waals surface area contributed by atoms with E-state index in [-0.39, 0.29) is 18.3 Å². The zero-order chi connectivity index (χ0) is 18.5. The topological polar surface area (TPSA) is 52.6 Å². The summed E-state index contributed by atoms with van der Waals surface area (Å²) < 4.78 is 10.4. The summed E-state index contributed by atoms with van der Waals surface area (Å²) in [5.41, 5.74) is 2.07. The van der Waals surface area contributed by atoms with Crippen LogP contribution in [0.4, 0.5) is 0 Å². The molecule has 0 N–H and O–H groups in total. The predicted octanol–water partition coefficient (Wildman–Crippen LogP) is 4.17. The summed E-state index contributed by atoms with van der Waals surface area (Å²) in [5.74, 6) is -0.324. The number of ketones is 1. The Hall–Kier alpha value is -2.88. The van der Waals surface area contributed by atoms with Crippen molar-refractivity contribution >= 4 is 11.8 Å². The number of ether oxygens (including phenoxy) is 2. The van der Waals surface area contributed by atoms with Gasteiger partial charge in [0.1, 0.15) is 5.75 Å². The molecule has 1 aliphatic rings. The first-order valence-electron chi connectivity index (χ1n) is 8.76. The zero-order valence-electron chi connectivity index (χ0n) is 15.0. The molecule has 3 rings (SSSR count). The summed E-state index contributed by atoms with van der Waals surface area (Å²) in [5, 5.41) is 0. The molecule has 0 radical (unpaired) electrons. The fourth-order valence-electron chi connectivity index (χ4n) is 3.44. The minimum atomic E-state index is -0.537. The highest BCUT2D eigenvalue weighted by Crippen LogP contribution is 2.42. The van der Waals surface area contributed by atoms with Crippen LogP contribution in [-0.2, 0) is 9.53 Å².